The third-order valence-electron chi connectivity index (χ3n) is 3.09. The van der Waals surface area contributed by atoms with E-state index in [2.05, 4.69) is 5.32 Å². The highest BCUT2D eigenvalue weighted by molar-refractivity contribution is 7.89. The van der Waals surface area contributed by atoms with Crippen LogP contribution in [0, 0.1) is 0 Å². The van der Waals surface area contributed by atoms with Gasteiger partial charge in [0, 0.05) is 31.0 Å². The topological polar surface area (TPSA) is 92.5 Å². The largest absolute Gasteiger partial charge is 0.378 e. The number of hydrogen-bond acceptors (Lipinski definition) is 4. The zero-order valence-electron chi connectivity index (χ0n) is 12.3. The van der Waals surface area contributed by atoms with Crippen LogP contribution < -0.4 is 15.4 Å². The Bertz CT molecular complexity index is 767. The minimum atomic E-state index is -3.73. The average Bonchev–Trinajstić information content (AvgIpc) is 2.47. The number of nitrogens with one attached hydrogen (secondary N) is 1. The van der Waals surface area contributed by atoms with Gasteiger partial charge in [-0.3, -0.25) is 4.79 Å². The number of anilines is 2. The number of rotatable bonds is 4. The summed E-state index contributed by atoms with van der Waals surface area (Å²) in [7, 11) is 0.107. The van der Waals surface area contributed by atoms with E-state index in [4.69, 9.17) is 5.14 Å². The first-order valence-electron chi connectivity index (χ1n) is 6.49. The highest BCUT2D eigenvalue weighted by Gasteiger charge is 2.09. The van der Waals surface area contributed by atoms with E-state index >= 15 is 0 Å². The van der Waals surface area contributed by atoms with Crippen LogP contribution in [0.5, 0.6) is 0 Å². The van der Waals surface area contributed by atoms with Gasteiger partial charge in [0.05, 0.1) is 4.90 Å². The second-order valence-electron chi connectivity index (χ2n) is 4.96. The minimum Gasteiger partial charge on any atom is -0.378 e. The van der Waals surface area contributed by atoms with E-state index in [0.29, 0.717) is 11.3 Å². The zero-order valence-corrected chi connectivity index (χ0v) is 13.1. The molecule has 0 spiro atoms. The van der Waals surface area contributed by atoms with Crippen molar-refractivity contribution in [3.05, 3.63) is 54.1 Å². The van der Waals surface area contributed by atoms with Gasteiger partial charge in [-0.2, -0.15) is 0 Å². The lowest BCUT2D eigenvalue weighted by molar-refractivity contribution is 0.102. The van der Waals surface area contributed by atoms with Crippen LogP contribution in [0.3, 0.4) is 0 Å². The van der Waals surface area contributed by atoms with Gasteiger partial charge >= 0.3 is 0 Å². The zero-order chi connectivity index (χ0) is 16.3. The van der Waals surface area contributed by atoms with E-state index in [-0.39, 0.29) is 10.8 Å². The third-order valence-corrected chi connectivity index (χ3v) is 4.02. The lowest BCUT2D eigenvalue weighted by atomic mass is 10.2. The van der Waals surface area contributed by atoms with Crippen LogP contribution >= 0.6 is 0 Å². The molecule has 116 valence electrons. The smallest absolute Gasteiger partial charge is 0.255 e. The molecule has 0 heterocycles. The molecule has 2 aromatic rings. The van der Waals surface area contributed by atoms with E-state index in [0.717, 1.165) is 5.69 Å². The van der Waals surface area contributed by atoms with Gasteiger partial charge < -0.3 is 10.2 Å². The number of carbonyl (C=O) groups is 1. The maximum atomic E-state index is 12.1. The van der Waals surface area contributed by atoms with Crippen LogP contribution in [-0.4, -0.2) is 28.4 Å². The molecule has 0 unspecified atom stereocenters. The molecule has 3 N–H and O–H groups in total. The Morgan fingerprint density at radius 1 is 1.00 bits per heavy atom. The number of sulfonamides is 1. The molecule has 7 heteroatoms. The van der Waals surface area contributed by atoms with E-state index in [9.17, 15) is 13.2 Å². The van der Waals surface area contributed by atoms with Gasteiger partial charge in [-0.25, -0.2) is 13.6 Å². The molecule has 0 bridgehead atoms. The van der Waals surface area contributed by atoms with E-state index in [1.165, 1.54) is 24.3 Å². The van der Waals surface area contributed by atoms with Gasteiger partial charge in [-0.1, -0.05) is 0 Å². The first kappa shape index (κ1) is 16.0. The lowest BCUT2D eigenvalue weighted by Crippen LogP contribution is -2.14. The van der Waals surface area contributed by atoms with Gasteiger partial charge in [0.1, 0.15) is 0 Å². The summed E-state index contributed by atoms with van der Waals surface area (Å²) in [6.45, 7) is 0. The highest BCUT2D eigenvalue weighted by atomic mass is 32.2. The molecular formula is C15H17N3O3S. The predicted octanol–water partition coefficient (Wildman–Crippen LogP) is 1.65. The van der Waals surface area contributed by atoms with Gasteiger partial charge in [-0.15, -0.1) is 0 Å². The Kier molecular flexibility index (Phi) is 4.48. The fourth-order valence-corrected chi connectivity index (χ4v) is 2.36. The van der Waals surface area contributed by atoms with E-state index in [1.54, 1.807) is 12.1 Å². The number of benzene rings is 2. The second kappa shape index (κ2) is 6.17. The van der Waals surface area contributed by atoms with Crippen molar-refractivity contribution in [2.45, 2.75) is 4.90 Å². The molecule has 6 nitrogen and oxygen atoms in total. The van der Waals surface area contributed by atoms with Crippen LogP contribution in [0.2, 0.25) is 0 Å². The van der Waals surface area contributed by atoms with Crippen molar-refractivity contribution < 1.29 is 13.2 Å². The fraction of sp³-hybridized carbons (Fsp3) is 0.133. The summed E-state index contributed by atoms with van der Waals surface area (Å²) < 4.78 is 22.3. The summed E-state index contributed by atoms with van der Waals surface area (Å²) in [6.07, 6.45) is 0. The summed E-state index contributed by atoms with van der Waals surface area (Å²) in [5, 5.41) is 7.72. The highest BCUT2D eigenvalue weighted by Crippen LogP contribution is 2.16. The second-order valence-corrected chi connectivity index (χ2v) is 6.53. The van der Waals surface area contributed by atoms with Crippen molar-refractivity contribution in [2.75, 3.05) is 24.3 Å². The van der Waals surface area contributed by atoms with Crippen LogP contribution in [0.1, 0.15) is 10.4 Å². The Morgan fingerprint density at radius 3 is 2.00 bits per heavy atom. The minimum absolute atomic E-state index is 0.000773. The molecule has 2 rings (SSSR count). The maximum Gasteiger partial charge on any atom is 0.255 e. The van der Waals surface area contributed by atoms with Gasteiger partial charge in [-0.05, 0) is 48.5 Å². The van der Waals surface area contributed by atoms with Crippen molar-refractivity contribution >= 4 is 27.3 Å². The quantitative estimate of drug-likeness (QED) is 0.896. The average molecular weight is 319 g/mol. The SMILES string of the molecule is CN(C)c1ccc(C(=O)Nc2ccc(S(N)(=O)=O)cc2)cc1. The molecule has 2 aromatic carbocycles. The standard InChI is InChI=1S/C15H17N3O3S/c1-18(2)13-7-3-11(4-8-13)15(19)17-12-5-9-14(10-6-12)22(16,20)21/h3-10H,1-2H3,(H,17,19)(H2,16,20,21). The van der Waals surface area contributed by atoms with Crippen LogP contribution in [-0.2, 0) is 10.0 Å². The molecule has 0 aliphatic heterocycles. The summed E-state index contributed by atoms with van der Waals surface area (Å²) >= 11 is 0. The molecule has 0 aliphatic rings. The Hall–Kier alpha value is -2.38. The summed E-state index contributed by atoms with van der Waals surface area (Å²) in [6, 6.07) is 12.8. The molecule has 0 saturated carbocycles. The number of amides is 1. The Balaban J connectivity index is 2.11. The molecule has 0 fully saturated rings. The molecule has 1 amide bonds. The van der Waals surface area contributed by atoms with E-state index in [1.807, 2.05) is 31.1 Å². The van der Waals surface area contributed by atoms with Crippen molar-refractivity contribution in [1.29, 1.82) is 0 Å². The lowest BCUT2D eigenvalue weighted by Gasteiger charge is -2.12. The monoisotopic (exact) mass is 319 g/mol. The van der Waals surface area contributed by atoms with Crippen molar-refractivity contribution in [2.24, 2.45) is 5.14 Å². The number of hydrogen-bond donors (Lipinski definition) is 2. The van der Waals surface area contributed by atoms with E-state index < -0.39 is 10.0 Å². The molecule has 0 atom stereocenters. The van der Waals surface area contributed by atoms with Gasteiger partial charge in [0.25, 0.3) is 5.91 Å². The molecule has 22 heavy (non-hydrogen) atoms. The Labute approximate surface area is 129 Å². The van der Waals surface area contributed by atoms with Crippen LogP contribution in [0.15, 0.2) is 53.4 Å². The maximum absolute atomic E-state index is 12.1. The molecule has 0 aliphatic carbocycles. The van der Waals surface area contributed by atoms with Crippen LogP contribution in [0.25, 0.3) is 0 Å². The van der Waals surface area contributed by atoms with Crippen molar-refractivity contribution in [3.63, 3.8) is 0 Å². The molecule has 0 saturated heterocycles. The van der Waals surface area contributed by atoms with Gasteiger partial charge in [0.2, 0.25) is 10.0 Å². The summed E-state index contributed by atoms with van der Waals surface area (Å²) in [5.41, 5.74) is 2.00. The molecule has 0 radical (unpaired) electrons. The number of primary sulfonamides is 1. The summed E-state index contributed by atoms with van der Waals surface area (Å²) in [5.74, 6) is -0.270. The van der Waals surface area contributed by atoms with Crippen molar-refractivity contribution in [3.8, 4) is 0 Å². The first-order valence-corrected chi connectivity index (χ1v) is 8.03. The fourth-order valence-electron chi connectivity index (χ4n) is 1.84. The van der Waals surface area contributed by atoms with Crippen molar-refractivity contribution in [1.82, 2.24) is 0 Å². The van der Waals surface area contributed by atoms with Crippen LogP contribution in [0.4, 0.5) is 11.4 Å². The molecule has 0 aromatic heterocycles. The number of nitrogens with zero attached hydrogens (tertiary/aromatic N) is 1. The third kappa shape index (κ3) is 3.84. The number of carbonyl (C=O) groups excluding carboxylic acids is 1. The van der Waals surface area contributed by atoms with Gasteiger partial charge in [0.15, 0.2) is 0 Å². The Morgan fingerprint density at radius 2 is 1.55 bits per heavy atom. The molecular weight excluding hydrogens is 302 g/mol. The summed E-state index contributed by atoms with van der Waals surface area (Å²) in [4.78, 5) is 14.0. The first-order chi connectivity index (χ1) is 10.3. The predicted molar refractivity (Wildman–Crippen MR) is 86.5 cm³/mol. The number of nitrogens with two attached hydrogens (primary N) is 1. The normalized spacial score (nSPS) is 11.0.